The van der Waals surface area contributed by atoms with E-state index in [0.717, 1.165) is 22.4 Å². The SMILES string of the molecule is NC(c1ccc[nH]1)c1cc2ccccc2o1. The summed E-state index contributed by atoms with van der Waals surface area (Å²) in [6.07, 6.45) is 1.86. The third kappa shape index (κ3) is 1.42. The van der Waals surface area contributed by atoms with Crippen LogP contribution in [0, 0.1) is 0 Å². The van der Waals surface area contributed by atoms with Gasteiger partial charge in [-0.1, -0.05) is 18.2 Å². The van der Waals surface area contributed by atoms with Crippen molar-refractivity contribution in [1.82, 2.24) is 4.98 Å². The molecule has 2 heterocycles. The van der Waals surface area contributed by atoms with E-state index in [1.165, 1.54) is 0 Å². The lowest BCUT2D eigenvalue weighted by molar-refractivity contribution is 0.521. The van der Waals surface area contributed by atoms with Gasteiger partial charge in [0.15, 0.2) is 0 Å². The minimum Gasteiger partial charge on any atom is -0.459 e. The molecule has 80 valence electrons. The van der Waals surface area contributed by atoms with Gasteiger partial charge in [0.2, 0.25) is 0 Å². The van der Waals surface area contributed by atoms with Crippen molar-refractivity contribution in [2.24, 2.45) is 5.73 Å². The number of furan rings is 1. The highest BCUT2D eigenvalue weighted by Crippen LogP contribution is 2.25. The largest absolute Gasteiger partial charge is 0.459 e. The number of nitrogens with two attached hydrogens (primary N) is 1. The summed E-state index contributed by atoms with van der Waals surface area (Å²) in [5.74, 6) is 0.781. The van der Waals surface area contributed by atoms with Crippen molar-refractivity contribution >= 4 is 11.0 Å². The first-order valence-electron chi connectivity index (χ1n) is 5.22. The smallest absolute Gasteiger partial charge is 0.134 e. The van der Waals surface area contributed by atoms with Gasteiger partial charge in [-0.15, -0.1) is 0 Å². The Hall–Kier alpha value is -2.00. The van der Waals surface area contributed by atoms with Crippen LogP contribution in [0.15, 0.2) is 53.1 Å². The Morgan fingerprint density at radius 1 is 1.12 bits per heavy atom. The molecule has 3 nitrogen and oxygen atoms in total. The van der Waals surface area contributed by atoms with Crippen molar-refractivity contribution in [1.29, 1.82) is 0 Å². The highest BCUT2D eigenvalue weighted by molar-refractivity contribution is 5.77. The molecule has 0 bridgehead atoms. The van der Waals surface area contributed by atoms with Gasteiger partial charge in [-0.05, 0) is 24.3 Å². The topological polar surface area (TPSA) is 55.0 Å². The maximum atomic E-state index is 6.10. The van der Waals surface area contributed by atoms with Gasteiger partial charge < -0.3 is 15.1 Å². The number of hydrogen-bond acceptors (Lipinski definition) is 2. The highest BCUT2D eigenvalue weighted by atomic mass is 16.3. The van der Waals surface area contributed by atoms with Crippen molar-refractivity contribution in [2.75, 3.05) is 0 Å². The number of fused-ring (bicyclic) bond motifs is 1. The normalized spacial score (nSPS) is 13.1. The molecule has 16 heavy (non-hydrogen) atoms. The third-order valence-electron chi connectivity index (χ3n) is 2.71. The highest BCUT2D eigenvalue weighted by Gasteiger charge is 2.14. The predicted molar refractivity (Wildman–Crippen MR) is 63.0 cm³/mol. The second-order valence-corrected chi connectivity index (χ2v) is 3.79. The summed E-state index contributed by atoms with van der Waals surface area (Å²) in [5, 5.41) is 1.08. The zero-order valence-electron chi connectivity index (χ0n) is 8.68. The first kappa shape index (κ1) is 9.24. The van der Waals surface area contributed by atoms with E-state index < -0.39 is 0 Å². The van der Waals surface area contributed by atoms with Crippen molar-refractivity contribution < 1.29 is 4.42 Å². The predicted octanol–water partition coefficient (Wildman–Crippen LogP) is 2.81. The van der Waals surface area contributed by atoms with Crippen LogP contribution in [0.3, 0.4) is 0 Å². The molecule has 0 aliphatic rings. The Kier molecular flexibility index (Phi) is 2.04. The van der Waals surface area contributed by atoms with Crippen LogP contribution in [0.2, 0.25) is 0 Å². The Morgan fingerprint density at radius 2 is 2.00 bits per heavy atom. The molecule has 1 unspecified atom stereocenters. The summed E-state index contributed by atoms with van der Waals surface area (Å²) >= 11 is 0. The number of hydrogen-bond donors (Lipinski definition) is 2. The van der Waals surface area contributed by atoms with Gasteiger partial charge in [0.05, 0.1) is 0 Å². The lowest BCUT2D eigenvalue weighted by atomic mass is 10.1. The van der Waals surface area contributed by atoms with Crippen LogP contribution in [0.4, 0.5) is 0 Å². The quantitative estimate of drug-likeness (QED) is 0.686. The number of benzene rings is 1. The van der Waals surface area contributed by atoms with E-state index in [1.54, 1.807) is 0 Å². The lowest BCUT2D eigenvalue weighted by Crippen LogP contribution is -2.10. The van der Waals surface area contributed by atoms with E-state index >= 15 is 0 Å². The maximum absolute atomic E-state index is 6.10. The van der Waals surface area contributed by atoms with Gasteiger partial charge in [-0.2, -0.15) is 0 Å². The molecule has 3 heteroatoms. The first-order chi connectivity index (χ1) is 7.84. The summed E-state index contributed by atoms with van der Waals surface area (Å²) in [5.41, 5.74) is 7.93. The van der Waals surface area contributed by atoms with Crippen LogP contribution in [-0.4, -0.2) is 4.98 Å². The molecular weight excluding hydrogens is 200 g/mol. The van der Waals surface area contributed by atoms with Crippen molar-refractivity contribution in [3.63, 3.8) is 0 Å². The third-order valence-corrected chi connectivity index (χ3v) is 2.71. The van der Waals surface area contributed by atoms with E-state index in [1.807, 2.05) is 48.7 Å². The molecule has 1 aromatic carbocycles. The molecule has 0 saturated carbocycles. The number of aromatic amines is 1. The van der Waals surface area contributed by atoms with Gasteiger partial charge in [0, 0.05) is 17.3 Å². The molecule has 0 aliphatic heterocycles. The number of nitrogens with one attached hydrogen (secondary N) is 1. The fraction of sp³-hybridized carbons (Fsp3) is 0.0769. The monoisotopic (exact) mass is 212 g/mol. The van der Waals surface area contributed by atoms with Crippen LogP contribution < -0.4 is 5.73 Å². The first-order valence-corrected chi connectivity index (χ1v) is 5.22. The summed E-state index contributed by atoms with van der Waals surface area (Å²) in [4.78, 5) is 3.09. The molecule has 1 atom stereocenters. The maximum Gasteiger partial charge on any atom is 0.134 e. The number of rotatable bonds is 2. The van der Waals surface area contributed by atoms with Gasteiger partial charge >= 0.3 is 0 Å². The summed E-state index contributed by atoms with van der Waals surface area (Å²) < 4.78 is 5.71. The molecule has 0 saturated heterocycles. The Labute approximate surface area is 92.9 Å². The van der Waals surface area contributed by atoms with E-state index in [9.17, 15) is 0 Å². The Morgan fingerprint density at radius 3 is 2.75 bits per heavy atom. The molecule has 0 fully saturated rings. The van der Waals surface area contributed by atoms with E-state index in [-0.39, 0.29) is 6.04 Å². The van der Waals surface area contributed by atoms with Gasteiger partial charge in [0.1, 0.15) is 17.4 Å². The van der Waals surface area contributed by atoms with Crippen LogP contribution in [0.25, 0.3) is 11.0 Å². The molecular formula is C13H12N2O. The fourth-order valence-corrected chi connectivity index (χ4v) is 1.85. The van der Waals surface area contributed by atoms with Gasteiger partial charge in [-0.25, -0.2) is 0 Å². The summed E-state index contributed by atoms with van der Waals surface area (Å²) in [6.45, 7) is 0. The zero-order chi connectivity index (χ0) is 11.0. The van der Waals surface area contributed by atoms with Crippen LogP contribution in [0.1, 0.15) is 17.5 Å². The molecule has 2 aromatic heterocycles. The molecule has 3 rings (SSSR count). The fourth-order valence-electron chi connectivity index (χ4n) is 1.85. The minimum atomic E-state index is -0.234. The number of H-pyrrole nitrogens is 1. The van der Waals surface area contributed by atoms with E-state index in [4.69, 9.17) is 10.2 Å². The van der Waals surface area contributed by atoms with Gasteiger partial charge in [-0.3, -0.25) is 0 Å². The second kappa shape index (κ2) is 3.54. The standard InChI is InChI=1S/C13H12N2O/c14-13(10-5-3-7-15-10)12-8-9-4-1-2-6-11(9)16-12/h1-8,13,15H,14H2. The van der Waals surface area contributed by atoms with E-state index in [0.29, 0.717) is 0 Å². The Balaban J connectivity index is 2.06. The van der Waals surface area contributed by atoms with Crippen LogP contribution >= 0.6 is 0 Å². The van der Waals surface area contributed by atoms with Crippen molar-refractivity contribution in [2.45, 2.75) is 6.04 Å². The van der Waals surface area contributed by atoms with Crippen LogP contribution in [0.5, 0.6) is 0 Å². The molecule has 0 radical (unpaired) electrons. The minimum absolute atomic E-state index is 0.234. The average molecular weight is 212 g/mol. The molecule has 3 N–H and O–H groups in total. The van der Waals surface area contributed by atoms with E-state index in [2.05, 4.69) is 4.98 Å². The average Bonchev–Trinajstić information content (AvgIpc) is 2.97. The lowest BCUT2D eigenvalue weighted by Gasteiger charge is -2.05. The summed E-state index contributed by atoms with van der Waals surface area (Å²) in [6, 6.07) is 13.5. The molecule has 3 aromatic rings. The summed E-state index contributed by atoms with van der Waals surface area (Å²) in [7, 11) is 0. The van der Waals surface area contributed by atoms with Gasteiger partial charge in [0.25, 0.3) is 0 Å². The molecule has 0 aliphatic carbocycles. The number of aromatic nitrogens is 1. The molecule has 0 spiro atoms. The van der Waals surface area contributed by atoms with Crippen molar-refractivity contribution in [3.05, 3.63) is 60.1 Å². The second-order valence-electron chi connectivity index (χ2n) is 3.79. The number of para-hydroxylation sites is 1. The zero-order valence-corrected chi connectivity index (χ0v) is 8.68. The van der Waals surface area contributed by atoms with Crippen molar-refractivity contribution in [3.8, 4) is 0 Å². The van der Waals surface area contributed by atoms with Crippen LogP contribution in [-0.2, 0) is 0 Å². The Bertz CT molecular complexity index is 562. The molecule has 0 amide bonds.